The summed E-state index contributed by atoms with van der Waals surface area (Å²) >= 11 is 0. The molecule has 26 heavy (non-hydrogen) atoms. The average Bonchev–Trinajstić information content (AvgIpc) is 3.16. The van der Waals surface area contributed by atoms with Gasteiger partial charge in [-0.15, -0.1) is 5.10 Å². The Morgan fingerprint density at radius 2 is 2.04 bits per heavy atom. The molecule has 0 saturated heterocycles. The number of anilines is 1. The Labute approximate surface area is 151 Å². The topological polar surface area (TPSA) is 81.9 Å². The molecule has 1 aromatic heterocycles. The van der Waals surface area contributed by atoms with Crippen LogP contribution in [0.3, 0.4) is 0 Å². The van der Waals surface area contributed by atoms with E-state index in [9.17, 15) is 4.79 Å². The highest BCUT2D eigenvalue weighted by molar-refractivity contribution is 5.96. The van der Waals surface area contributed by atoms with Crippen LogP contribution in [0.25, 0.3) is 5.69 Å². The molecule has 7 heteroatoms. The first-order chi connectivity index (χ1) is 12.8. The molecule has 0 aliphatic carbocycles. The summed E-state index contributed by atoms with van der Waals surface area (Å²) < 4.78 is 7.40. The Balaban J connectivity index is 1.64. The van der Waals surface area contributed by atoms with Crippen LogP contribution >= 0.6 is 0 Å². The molecule has 1 N–H and O–H groups in total. The predicted octanol–water partition coefficient (Wildman–Crippen LogP) is 2.48. The molecule has 0 radical (unpaired) electrons. The number of hydrogen-bond acceptors (Lipinski definition) is 5. The van der Waals surface area contributed by atoms with Gasteiger partial charge in [0.2, 0.25) is 0 Å². The average molecular weight is 349 g/mol. The first-order valence-electron chi connectivity index (χ1n) is 8.65. The Morgan fingerprint density at radius 1 is 1.23 bits per heavy atom. The van der Waals surface area contributed by atoms with E-state index < -0.39 is 6.10 Å². The smallest absolute Gasteiger partial charge is 0.258 e. The number of aromatic nitrogens is 4. The molecule has 4 rings (SSSR count). The van der Waals surface area contributed by atoms with Crippen LogP contribution in [0.1, 0.15) is 30.0 Å². The number of fused-ring (bicyclic) bond motifs is 1. The maximum atomic E-state index is 12.9. The first kappa shape index (κ1) is 16.4. The Hall–Kier alpha value is -3.06. The number of aryl methyl sites for hydroxylation is 1. The van der Waals surface area contributed by atoms with Gasteiger partial charge in [-0.3, -0.25) is 4.79 Å². The molecular formula is C19H19N5O2. The molecule has 7 nitrogen and oxygen atoms in total. The van der Waals surface area contributed by atoms with Gasteiger partial charge in [0.25, 0.3) is 5.91 Å². The third-order valence-electron chi connectivity index (χ3n) is 4.47. The minimum atomic E-state index is -0.618. The van der Waals surface area contributed by atoms with Gasteiger partial charge in [0, 0.05) is 6.42 Å². The number of hydrogen-bond donors (Lipinski definition) is 1. The number of nitrogens with zero attached hydrogens (tertiary/aromatic N) is 4. The molecule has 1 amide bonds. The SMILES string of the molecule is CCc1nnnn1-c1ccccc1NC(=O)[C@H]1OCCc2ccccc21. The summed E-state index contributed by atoms with van der Waals surface area (Å²) in [5.74, 6) is 0.529. The molecule has 132 valence electrons. The standard InChI is InChI=1S/C19H19N5O2/c1-2-17-21-22-23-24(17)16-10-6-5-9-15(16)20-19(25)18-14-8-4-3-7-13(14)11-12-26-18/h3-10,18H,2,11-12H2,1H3,(H,20,25)/t18-/m0/s1. The lowest BCUT2D eigenvalue weighted by Gasteiger charge is -2.25. The van der Waals surface area contributed by atoms with Gasteiger partial charge in [0.15, 0.2) is 11.9 Å². The summed E-state index contributed by atoms with van der Waals surface area (Å²) in [7, 11) is 0. The first-order valence-corrected chi connectivity index (χ1v) is 8.65. The van der Waals surface area contributed by atoms with Crippen molar-refractivity contribution < 1.29 is 9.53 Å². The molecule has 0 spiro atoms. The van der Waals surface area contributed by atoms with E-state index in [0.717, 1.165) is 29.1 Å². The van der Waals surface area contributed by atoms with Crippen molar-refractivity contribution in [2.45, 2.75) is 25.9 Å². The number of rotatable bonds is 4. The number of carbonyl (C=O) groups is 1. The summed E-state index contributed by atoms with van der Waals surface area (Å²) in [6, 6.07) is 15.4. The van der Waals surface area contributed by atoms with Gasteiger partial charge < -0.3 is 10.1 Å². The van der Waals surface area contributed by atoms with Gasteiger partial charge in [0.05, 0.1) is 18.0 Å². The third-order valence-corrected chi connectivity index (χ3v) is 4.47. The van der Waals surface area contributed by atoms with Gasteiger partial charge in [-0.1, -0.05) is 43.3 Å². The number of para-hydroxylation sites is 2. The van der Waals surface area contributed by atoms with Crippen LogP contribution in [0.2, 0.25) is 0 Å². The second-order valence-corrected chi connectivity index (χ2v) is 6.07. The zero-order valence-electron chi connectivity index (χ0n) is 14.4. The monoisotopic (exact) mass is 349 g/mol. The van der Waals surface area contributed by atoms with Gasteiger partial charge >= 0.3 is 0 Å². The number of amides is 1. The maximum absolute atomic E-state index is 12.9. The minimum Gasteiger partial charge on any atom is -0.363 e. The molecule has 2 aromatic carbocycles. The van der Waals surface area contributed by atoms with Crippen molar-refractivity contribution in [3.63, 3.8) is 0 Å². The van der Waals surface area contributed by atoms with Crippen molar-refractivity contribution in [3.8, 4) is 5.69 Å². The van der Waals surface area contributed by atoms with Crippen LogP contribution in [0.5, 0.6) is 0 Å². The molecule has 0 bridgehead atoms. The van der Waals surface area contributed by atoms with E-state index in [0.29, 0.717) is 18.7 Å². The Morgan fingerprint density at radius 3 is 2.92 bits per heavy atom. The van der Waals surface area contributed by atoms with Gasteiger partial charge in [-0.05, 0) is 40.1 Å². The molecule has 1 atom stereocenters. The highest BCUT2D eigenvalue weighted by atomic mass is 16.5. The molecule has 2 heterocycles. The zero-order chi connectivity index (χ0) is 17.9. The van der Waals surface area contributed by atoms with Crippen LogP contribution < -0.4 is 5.32 Å². The molecule has 3 aromatic rings. The van der Waals surface area contributed by atoms with Crippen LogP contribution in [0.15, 0.2) is 48.5 Å². The molecule has 0 fully saturated rings. The van der Waals surface area contributed by atoms with Crippen LogP contribution in [0.4, 0.5) is 5.69 Å². The summed E-state index contributed by atoms with van der Waals surface area (Å²) in [4.78, 5) is 12.9. The van der Waals surface area contributed by atoms with E-state index >= 15 is 0 Å². The molecule has 0 unspecified atom stereocenters. The third kappa shape index (κ3) is 2.97. The molecule has 1 aliphatic heterocycles. The lowest BCUT2D eigenvalue weighted by Crippen LogP contribution is -2.28. The van der Waals surface area contributed by atoms with Crippen molar-refractivity contribution >= 4 is 11.6 Å². The lowest BCUT2D eigenvalue weighted by molar-refractivity contribution is -0.128. The summed E-state index contributed by atoms with van der Waals surface area (Å²) in [6.45, 7) is 2.51. The lowest BCUT2D eigenvalue weighted by atomic mass is 9.97. The maximum Gasteiger partial charge on any atom is 0.258 e. The number of carbonyl (C=O) groups excluding carboxylic acids is 1. The summed E-state index contributed by atoms with van der Waals surface area (Å²) in [5, 5.41) is 14.8. The van der Waals surface area contributed by atoms with Crippen molar-refractivity contribution in [3.05, 3.63) is 65.5 Å². The molecule has 0 saturated carbocycles. The minimum absolute atomic E-state index is 0.198. The van der Waals surface area contributed by atoms with Gasteiger partial charge in [-0.25, -0.2) is 0 Å². The van der Waals surface area contributed by atoms with Crippen LogP contribution in [-0.2, 0) is 22.4 Å². The normalized spacial score (nSPS) is 16.1. The van der Waals surface area contributed by atoms with E-state index in [1.165, 1.54) is 0 Å². The second kappa shape index (κ2) is 7.05. The van der Waals surface area contributed by atoms with Crippen molar-refractivity contribution in [2.75, 3.05) is 11.9 Å². The summed E-state index contributed by atoms with van der Waals surface area (Å²) in [6.07, 6.45) is 0.891. The fraction of sp³-hybridized carbons (Fsp3) is 0.263. The molecule has 1 aliphatic rings. The summed E-state index contributed by atoms with van der Waals surface area (Å²) in [5.41, 5.74) is 3.45. The second-order valence-electron chi connectivity index (χ2n) is 6.07. The Kier molecular flexibility index (Phi) is 4.45. The van der Waals surface area contributed by atoms with E-state index in [2.05, 4.69) is 20.8 Å². The highest BCUT2D eigenvalue weighted by Crippen LogP contribution is 2.29. The Bertz CT molecular complexity index is 937. The number of benzene rings is 2. The highest BCUT2D eigenvalue weighted by Gasteiger charge is 2.27. The van der Waals surface area contributed by atoms with E-state index in [-0.39, 0.29) is 5.91 Å². The number of tetrazole rings is 1. The number of ether oxygens (including phenoxy) is 1. The van der Waals surface area contributed by atoms with E-state index in [4.69, 9.17) is 4.74 Å². The van der Waals surface area contributed by atoms with Crippen LogP contribution in [0, 0.1) is 0 Å². The van der Waals surface area contributed by atoms with E-state index in [1.54, 1.807) is 4.68 Å². The zero-order valence-corrected chi connectivity index (χ0v) is 14.4. The molecular weight excluding hydrogens is 330 g/mol. The fourth-order valence-electron chi connectivity index (χ4n) is 3.19. The van der Waals surface area contributed by atoms with Gasteiger partial charge in [0.1, 0.15) is 0 Å². The predicted molar refractivity (Wildman–Crippen MR) is 96.0 cm³/mol. The van der Waals surface area contributed by atoms with Crippen molar-refractivity contribution in [1.82, 2.24) is 20.2 Å². The quantitative estimate of drug-likeness (QED) is 0.782. The number of nitrogens with one attached hydrogen (secondary N) is 1. The largest absolute Gasteiger partial charge is 0.363 e. The van der Waals surface area contributed by atoms with Crippen molar-refractivity contribution in [1.29, 1.82) is 0 Å². The van der Waals surface area contributed by atoms with E-state index in [1.807, 2.05) is 55.5 Å². The van der Waals surface area contributed by atoms with Crippen LogP contribution in [-0.4, -0.2) is 32.7 Å². The van der Waals surface area contributed by atoms with Gasteiger partial charge in [-0.2, -0.15) is 4.68 Å². The fourth-order valence-corrected chi connectivity index (χ4v) is 3.19. The van der Waals surface area contributed by atoms with Crippen molar-refractivity contribution in [2.24, 2.45) is 0 Å².